The molecule has 0 N–H and O–H groups in total. The molecule has 9 rings (SSSR count). The molecule has 0 unspecified atom stereocenters. The predicted octanol–water partition coefficient (Wildman–Crippen LogP) is 13.1. The van der Waals surface area contributed by atoms with Crippen LogP contribution in [-0.2, 0) is 18.3 Å². The van der Waals surface area contributed by atoms with Crippen LogP contribution in [0.1, 0.15) is 46.2 Å². The first-order valence-electron chi connectivity index (χ1n) is 18.3. The number of benzene rings is 7. The normalized spacial score (nSPS) is 15.8. The van der Waals surface area contributed by atoms with Crippen LogP contribution in [0.25, 0.3) is 11.1 Å². The van der Waals surface area contributed by atoms with Gasteiger partial charge in [0.25, 0.3) is 0 Å². The summed E-state index contributed by atoms with van der Waals surface area (Å²) in [4.78, 5) is 4.99. The highest BCUT2D eigenvalue weighted by atomic mass is 15.2. The molecule has 1 atom stereocenters. The molecule has 2 heteroatoms. The molecule has 7 aromatic carbocycles. The quantitative estimate of drug-likeness (QED) is 0.168. The third kappa shape index (κ3) is 5.25. The molecule has 7 aromatic rings. The monoisotopic (exact) mass is 658 g/mol. The van der Waals surface area contributed by atoms with Crippen LogP contribution < -0.4 is 9.80 Å². The van der Waals surface area contributed by atoms with E-state index in [2.05, 4.69) is 194 Å². The standard InChI is InChI=1S/C49H42N2/c1-35-15-12-16-36(2)46(35)37-27-29-43(30-28-37)51(42-23-10-5-11-24-42)45-26-14-18-39-32-34-49(48(39)45)33-31-38-17-13-25-44(47(38)49)50(40-19-6-3-7-20-40)41-21-8-4-9-22-41/h3-30H,31-34H2,1-2H3/t49-/m1/s1. The molecule has 0 amide bonds. The third-order valence-electron chi connectivity index (χ3n) is 11.3. The van der Waals surface area contributed by atoms with Crippen molar-refractivity contribution in [3.8, 4) is 11.1 Å². The number of para-hydroxylation sites is 3. The molecule has 248 valence electrons. The molecule has 2 nitrogen and oxygen atoms in total. The number of fused-ring (bicyclic) bond motifs is 4. The molecule has 0 aromatic heterocycles. The van der Waals surface area contributed by atoms with Crippen LogP contribution in [0, 0.1) is 13.8 Å². The Kier molecular flexibility index (Phi) is 7.81. The molecule has 0 saturated carbocycles. The average molecular weight is 659 g/mol. The van der Waals surface area contributed by atoms with E-state index in [9.17, 15) is 0 Å². The fourth-order valence-corrected chi connectivity index (χ4v) is 9.15. The lowest BCUT2D eigenvalue weighted by Gasteiger charge is -2.37. The van der Waals surface area contributed by atoms with Crippen LogP contribution in [0.2, 0.25) is 0 Å². The van der Waals surface area contributed by atoms with Crippen molar-refractivity contribution < 1.29 is 0 Å². The maximum absolute atomic E-state index is 2.51. The van der Waals surface area contributed by atoms with Gasteiger partial charge in [-0.2, -0.15) is 0 Å². The van der Waals surface area contributed by atoms with Gasteiger partial charge < -0.3 is 9.80 Å². The van der Waals surface area contributed by atoms with Crippen molar-refractivity contribution in [2.45, 2.75) is 44.9 Å². The highest BCUT2D eigenvalue weighted by molar-refractivity contribution is 5.86. The smallest absolute Gasteiger partial charge is 0.0505 e. The Morgan fingerprint density at radius 3 is 1.22 bits per heavy atom. The summed E-state index contributed by atoms with van der Waals surface area (Å²) >= 11 is 0. The SMILES string of the molecule is Cc1cccc(C)c1-c1ccc(N(c2ccccc2)c2cccc3c2[C@]2(CCc4cccc(N(c5ccccc5)c5ccccc5)c42)CC3)cc1. The molecule has 0 heterocycles. The second-order valence-electron chi connectivity index (χ2n) is 14.2. The molecule has 1 spiro atoms. The summed E-state index contributed by atoms with van der Waals surface area (Å²) in [6.45, 7) is 4.42. The minimum atomic E-state index is -0.106. The molecule has 0 radical (unpaired) electrons. The molecular weight excluding hydrogens is 617 g/mol. The van der Waals surface area contributed by atoms with Gasteiger partial charge >= 0.3 is 0 Å². The Labute approximate surface area is 302 Å². The van der Waals surface area contributed by atoms with Gasteiger partial charge in [0.15, 0.2) is 0 Å². The van der Waals surface area contributed by atoms with Crippen LogP contribution in [0.5, 0.6) is 0 Å². The van der Waals surface area contributed by atoms with E-state index >= 15 is 0 Å². The minimum absolute atomic E-state index is 0.106. The number of hydrogen-bond acceptors (Lipinski definition) is 2. The van der Waals surface area contributed by atoms with Crippen molar-refractivity contribution in [1.82, 2.24) is 0 Å². The summed E-state index contributed by atoms with van der Waals surface area (Å²) in [5.41, 5.74) is 18.3. The zero-order valence-electron chi connectivity index (χ0n) is 29.4. The number of hydrogen-bond donors (Lipinski definition) is 0. The van der Waals surface area contributed by atoms with E-state index < -0.39 is 0 Å². The molecule has 0 aliphatic heterocycles. The van der Waals surface area contributed by atoms with Gasteiger partial charge in [-0.1, -0.05) is 109 Å². The zero-order chi connectivity index (χ0) is 34.4. The molecular formula is C49H42N2. The predicted molar refractivity (Wildman–Crippen MR) is 215 cm³/mol. The number of anilines is 6. The highest BCUT2D eigenvalue weighted by Gasteiger charge is 2.49. The fraction of sp³-hybridized carbons (Fsp3) is 0.143. The van der Waals surface area contributed by atoms with Gasteiger partial charge in [-0.25, -0.2) is 0 Å². The number of rotatable bonds is 7. The number of aryl methyl sites for hydroxylation is 4. The van der Waals surface area contributed by atoms with Gasteiger partial charge in [0.05, 0.1) is 11.4 Å². The molecule has 0 saturated heterocycles. The van der Waals surface area contributed by atoms with Crippen LogP contribution >= 0.6 is 0 Å². The maximum Gasteiger partial charge on any atom is 0.0505 e. The maximum atomic E-state index is 2.51. The van der Waals surface area contributed by atoms with Gasteiger partial charge in [-0.15, -0.1) is 0 Å². The van der Waals surface area contributed by atoms with Crippen LogP contribution in [0.15, 0.2) is 170 Å². The van der Waals surface area contributed by atoms with Crippen molar-refractivity contribution in [2.75, 3.05) is 9.80 Å². The van der Waals surface area contributed by atoms with Gasteiger partial charge in [0, 0.05) is 28.2 Å². The van der Waals surface area contributed by atoms with E-state index in [4.69, 9.17) is 0 Å². The second kappa shape index (κ2) is 12.8. The van der Waals surface area contributed by atoms with E-state index in [1.807, 2.05) is 0 Å². The van der Waals surface area contributed by atoms with E-state index in [0.29, 0.717) is 0 Å². The van der Waals surface area contributed by atoms with E-state index in [0.717, 1.165) is 25.7 Å². The van der Waals surface area contributed by atoms with Crippen LogP contribution in [0.3, 0.4) is 0 Å². The van der Waals surface area contributed by atoms with E-state index in [1.165, 1.54) is 78.6 Å². The topological polar surface area (TPSA) is 6.48 Å². The first kappa shape index (κ1) is 31.1. The first-order chi connectivity index (χ1) is 25.1. The summed E-state index contributed by atoms with van der Waals surface area (Å²) < 4.78 is 0. The Balaban J connectivity index is 1.24. The summed E-state index contributed by atoms with van der Waals surface area (Å²) in [5.74, 6) is 0. The number of nitrogens with zero attached hydrogens (tertiary/aromatic N) is 2. The highest BCUT2D eigenvalue weighted by Crippen LogP contribution is 2.59. The van der Waals surface area contributed by atoms with Gasteiger partial charge in [-0.05, 0) is 145 Å². The lowest BCUT2D eigenvalue weighted by Crippen LogP contribution is -2.27. The van der Waals surface area contributed by atoms with Gasteiger partial charge in [-0.3, -0.25) is 0 Å². The second-order valence-corrected chi connectivity index (χ2v) is 14.2. The molecule has 51 heavy (non-hydrogen) atoms. The Bertz CT molecular complexity index is 2260. The van der Waals surface area contributed by atoms with Crippen molar-refractivity contribution in [3.63, 3.8) is 0 Å². The molecule has 2 aliphatic carbocycles. The molecule has 0 fully saturated rings. The van der Waals surface area contributed by atoms with E-state index in [1.54, 1.807) is 0 Å². The largest absolute Gasteiger partial charge is 0.310 e. The van der Waals surface area contributed by atoms with Crippen LogP contribution in [0.4, 0.5) is 34.1 Å². The lowest BCUT2D eigenvalue weighted by molar-refractivity contribution is 0.508. The van der Waals surface area contributed by atoms with E-state index in [-0.39, 0.29) is 5.41 Å². The van der Waals surface area contributed by atoms with Crippen molar-refractivity contribution in [2.24, 2.45) is 0 Å². The average Bonchev–Trinajstić information content (AvgIpc) is 3.75. The Morgan fingerprint density at radius 1 is 0.392 bits per heavy atom. The summed E-state index contributed by atoms with van der Waals surface area (Å²) in [5, 5.41) is 0. The summed E-state index contributed by atoms with van der Waals surface area (Å²) in [6.07, 6.45) is 4.36. The third-order valence-corrected chi connectivity index (χ3v) is 11.3. The Morgan fingerprint density at radius 2 is 0.784 bits per heavy atom. The minimum Gasteiger partial charge on any atom is -0.310 e. The van der Waals surface area contributed by atoms with Gasteiger partial charge in [0.1, 0.15) is 0 Å². The van der Waals surface area contributed by atoms with Crippen molar-refractivity contribution >= 4 is 34.1 Å². The first-order valence-corrected chi connectivity index (χ1v) is 18.3. The van der Waals surface area contributed by atoms with Crippen molar-refractivity contribution in [3.05, 3.63) is 203 Å². The molecule has 2 aliphatic rings. The molecule has 0 bridgehead atoms. The van der Waals surface area contributed by atoms with Crippen LogP contribution in [-0.4, -0.2) is 0 Å². The summed E-state index contributed by atoms with van der Waals surface area (Å²) in [6, 6.07) is 62.5. The van der Waals surface area contributed by atoms with Crippen molar-refractivity contribution in [1.29, 1.82) is 0 Å². The Hall–Kier alpha value is -5.86. The fourth-order valence-electron chi connectivity index (χ4n) is 9.15. The summed E-state index contributed by atoms with van der Waals surface area (Å²) in [7, 11) is 0. The zero-order valence-corrected chi connectivity index (χ0v) is 29.4. The lowest BCUT2D eigenvalue weighted by atomic mass is 9.74. The van der Waals surface area contributed by atoms with Gasteiger partial charge in [0.2, 0.25) is 0 Å².